The molecule has 21 heavy (non-hydrogen) atoms. The molecular formula is C16H24N2O3. The molecule has 116 valence electrons. The highest BCUT2D eigenvalue weighted by Crippen LogP contribution is 2.29. The summed E-state index contributed by atoms with van der Waals surface area (Å²) < 4.78 is 10.5. The van der Waals surface area contributed by atoms with E-state index in [2.05, 4.69) is 0 Å². The van der Waals surface area contributed by atoms with Crippen LogP contribution in [0.15, 0.2) is 18.2 Å². The minimum absolute atomic E-state index is 0.0534. The first kappa shape index (κ1) is 15.6. The summed E-state index contributed by atoms with van der Waals surface area (Å²) in [4.78, 5) is 14.5. The molecule has 1 saturated heterocycles. The summed E-state index contributed by atoms with van der Waals surface area (Å²) in [5.41, 5.74) is 6.27. The molecular weight excluding hydrogens is 268 g/mol. The van der Waals surface area contributed by atoms with Crippen LogP contribution in [-0.2, 0) is 0 Å². The number of nitrogens with two attached hydrogens (primary N) is 1. The van der Waals surface area contributed by atoms with E-state index in [0.717, 1.165) is 32.4 Å². The van der Waals surface area contributed by atoms with Crippen molar-refractivity contribution in [3.63, 3.8) is 0 Å². The van der Waals surface area contributed by atoms with E-state index in [1.165, 1.54) is 0 Å². The summed E-state index contributed by atoms with van der Waals surface area (Å²) in [5, 5.41) is 0. The van der Waals surface area contributed by atoms with Crippen molar-refractivity contribution < 1.29 is 14.3 Å². The van der Waals surface area contributed by atoms with Crippen molar-refractivity contribution >= 4 is 5.91 Å². The summed E-state index contributed by atoms with van der Waals surface area (Å²) in [7, 11) is 3.16. The number of nitrogens with zero attached hydrogens (tertiary/aromatic N) is 1. The fraction of sp³-hybridized carbons (Fsp3) is 0.562. The Morgan fingerprint density at radius 3 is 2.76 bits per heavy atom. The highest BCUT2D eigenvalue weighted by molar-refractivity contribution is 5.95. The average Bonchev–Trinajstić information content (AvgIpc) is 2.54. The molecule has 0 aliphatic carbocycles. The van der Waals surface area contributed by atoms with E-state index < -0.39 is 0 Å². The third-order valence-corrected chi connectivity index (χ3v) is 4.01. The van der Waals surface area contributed by atoms with Crippen LogP contribution >= 0.6 is 0 Å². The lowest BCUT2D eigenvalue weighted by atomic mass is 9.94. The van der Waals surface area contributed by atoms with Crippen LogP contribution in [0.5, 0.6) is 11.5 Å². The first-order valence-corrected chi connectivity index (χ1v) is 7.41. The van der Waals surface area contributed by atoms with Crippen LogP contribution in [0.3, 0.4) is 0 Å². The first-order valence-electron chi connectivity index (χ1n) is 7.41. The molecule has 1 aromatic carbocycles. The Bertz CT molecular complexity index is 488. The zero-order valence-corrected chi connectivity index (χ0v) is 12.8. The Morgan fingerprint density at radius 2 is 2.10 bits per heavy atom. The van der Waals surface area contributed by atoms with Gasteiger partial charge in [-0.2, -0.15) is 0 Å². The molecule has 2 N–H and O–H groups in total. The molecule has 1 aliphatic rings. The van der Waals surface area contributed by atoms with Gasteiger partial charge in [0, 0.05) is 18.7 Å². The summed E-state index contributed by atoms with van der Waals surface area (Å²) in [6.45, 7) is 2.29. The molecule has 0 radical (unpaired) electrons. The predicted octanol–water partition coefficient (Wildman–Crippen LogP) is 1.90. The van der Waals surface area contributed by atoms with Crippen molar-refractivity contribution in [2.24, 2.45) is 11.7 Å². The lowest BCUT2D eigenvalue weighted by Gasteiger charge is -2.32. The highest BCUT2D eigenvalue weighted by Gasteiger charge is 2.24. The largest absolute Gasteiger partial charge is 0.493 e. The topological polar surface area (TPSA) is 64.8 Å². The fourth-order valence-corrected chi connectivity index (χ4v) is 2.87. The van der Waals surface area contributed by atoms with Gasteiger partial charge >= 0.3 is 0 Å². The molecule has 1 aliphatic heterocycles. The Labute approximate surface area is 126 Å². The summed E-state index contributed by atoms with van der Waals surface area (Å²) >= 11 is 0. The van der Waals surface area contributed by atoms with Crippen LogP contribution in [0.25, 0.3) is 0 Å². The fourth-order valence-electron chi connectivity index (χ4n) is 2.87. The van der Waals surface area contributed by atoms with Crippen LogP contribution in [0.4, 0.5) is 0 Å². The van der Waals surface area contributed by atoms with Crippen molar-refractivity contribution in [1.29, 1.82) is 0 Å². The molecule has 1 atom stereocenters. The predicted molar refractivity (Wildman–Crippen MR) is 81.8 cm³/mol. The lowest BCUT2D eigenvalue weighted by Crippen LogP contribution is -2.40. The minimum Gasteiger partial charge on any atom is -0.493 e. The zero-order chi connectivity index (χ0) is 15.2. The maximum Gasteiger partial charge on any atom is 0.254 e. The van der Waals surface area contributed by atoms with E-state index in [4.69, 9.17) is 15.2 Å². The molecule has 0 aromatic heterocycles. The number of rotatable bonds is 5. The van der Waals surface area contributed by atoms with Crippen molar-refractivity contribution in [3.8, 4) is 11.5 Å². The third-order valence-electron chi connectivity index (χ3n) is 4.01. The van der Waals surface area contributed by atoms with Crippen LogP contribution in [0, 0.1) is 5.92 Å². The molecule has 0 bridgehead atoms. The molecule has 5 heteroatoms. The van der Waals surface area contributed by atoms with Gasteiger partial charge in [-0.3, -0.25) is 4.79 Å². The number of hydrogen-bond acceptors (Lipinski definition) is 4. The molecule has 0 spiro atoms. The van der Waals surface area contributed by atoms with E-state index in [-0.39, 0.29) is 5.91 Å². The van der Waals surface area contributed by atoms with Crippen molar-refractivity contribution in [2.75, 3.05) is 33.9 Å². The maximum absolute atomic E-state index is 12.6. The smallest absolute Gasteiger partial charge is 0.254 e. The second kappa shape index (κ2) is 7.31. The van der Waals surface area contributed by atoms with Gasteiger partial charge in [-0.1, -0.05) is 0 Å². The van der Waals surface area contributed by atoms with E-state index >= 15 is 0 Å². The number of carbonyl (C=O) groups excluding carboxylic acids is 1. The number of amides is 1. The van der Waals surface area contributed by atoms with Gasteiger partial charge in [-0.05, 0) is 49.9 Å². The summed E-state index contributed by atoms with van der Waals surface area (Å²) in [5.74, 6) is 1.79. The molecule has 0 saturated carbocycles. The second-order valence-electron chi connectivity index (χ2n) is 5.41. The third kappa shape index (κ3) is 3.67. The average molecular weight is 292 g/mol. The van der Waals surface area contributed by atoms with Gasteiger partial charge in [0.1, 0.15) is 0 Å². The minimum atomic E-state index is 0.0534. The SMILES string of the molecule is COc1ccc(C(=O)N2CCCC(CCN)C2)cc1OC. The molecule has 1 amide bonds. The highest BCUT2D eigenvalue weighted by atomic mass is 16.5. The Morgan fingerprint density at radius 1 is 1.33 bits per heavy atom. The van der Waals surface area contributed by atoms with Gasteiger partial charge in [0.05, 0.1) is 14.2 Å². The van der Waals surface area contributed by atoms with Crippen molar-refractivity contribution in [1.82, 2.24) is 4.90 Å². The van der Waals surface area contributed by atoms with Gasteiger partial charge in [-0.25, -0.2) is 0 Å². The Kier molecular flexibility index (Phi) is 5.44. The van der Waals surface area contributed by atoms with E-state index in [0.29, 0.717) is 29.5 Å². The zero-order valence-electron chi connectivity index (χ0n) is 12.8. The van der Waals surface area contributed by atoms with Gasteiger partial charge in [-0.15, -0.1) is 0 Å². The van der Waals surface area contributed by atoms with Gasteiger partial charge < -0.3 is 20.1 Å². The van der Waals surface area contributed by atoms with E-state index in [1.807, 2.05) is 4.90 Å². The molecule has 5 nitrogen and oxygen atoms in total. The Balaban J connectivity index is 2.12. The molecule has 1 aromatic rings. The van der Waals surface area contributed by atoms with E-state index in [9.17, 15) is 4.79 Å². The number of piperidine rings is 1. The lowest BCUT2D eigenvalue weighted by molar-refractivity contribution is 0.0669. The standard InChI is InChI=1S/C16H24N2O3/c1-20-14-6-5-13(10-15(14)21-2)16(19)18-9-3-4-12(11-18)7-8-17/h5-6,10,12H,3-4,7-9,11,17H2,1-2H3. The van der Waals surface area contributed by atoms with Crippen LogP contribution in [0.2, 0.25) is 0 Å². The van der Waals surface area contributed by atoms with Crippen molar-refractivity contribution in [3.05, 3.63) is 23.8 Å². The van der Waals surface area contributed by atoms with E-state index in [1.54, 1.807) is 32.4 Å². The number of ether oxygens (including phenoxy) is 2. The van der Waals surface area contributed by atoms with Gasteiger partial charge in [0.15, 0.2) is 11.5 Å². The van der Waals surface area contributed by atoms with Crippen LogP contribution in [-0.4, -0.2) is 44.7 Å². The number of likely N-dealkylation sites (tertiary alicyclic amines) is 1. The quantitative estimate of drug-likeness (QED) is 0.900. The summed E-state index contributed by atoms with van der Waals surface area (Å²) in [6, 6.07) is 5.30. The first-order chi connectivity index (χ1) is 10.2. The molecule has 2 rings (SSSR count). The Hall–Kier alpha value is -1.75. The van der Waals surface area contributed by atoms with Crippen molar-refractivity contribution in [2.45, 2.75) is 19.3 Å². The number of benzene rings is 1. The monoisotopic (exact) mass is 292 g/mol. The molecule has 1 fully saturated rings. The second-order valence-corrected chi connectivity index (χ2v) is 5.41. The van der Waals surface area contributed by atoms with Gasteiger partial charge in [0.25, 0.3) is 5.91 Å². The van der Waals surface area contributed by atoms with Crippen LogP contribution in [0.1, 0.15) is 29.6 Å². The molecule has 1 heterocycles. The summed E-state index contributed by atoms with van der Waals surface area (Å²) in [6.07, 6.45) is 3.19. The number of methoxy groups -OCH3 is 2. The normalized spacial score (nSPS) is 18.4. The number of carbonyl (C=O) groups is 1. The maximum atomic E-state index is 12.6. The van der Waals surface area contributed by atoms with Gasteiger partial charge in [0.2, 0.25) is 0 Å². The number of hydrogen-bond donors (Lipinski definition) is 1. The van der Waals surface area contributed by atoms with Crippen LogP contribution < -0.4 is 15.2 Å². The molecule has 1 unspecified atom stereocenters.